The van der Waals surface area contributed by atoms with E-state index in [-0.39, 0.29) is 23.1 Å². The zero-order chi connectivity index (χ0) is 18.8. The molecule has 2 heterocycles. The van der Waals surface area contributed by atoms with Gasteiger partial charge in [-0.2, -0.15) is 5.10 Å². The highest BCUT2D eigenvalue weighted by Gasteiger charge is 2.23. The van der Waals surface area contributed by atoms with Crippen molar-refractivity contribution in [2.75, 3.05) is 0 Å². The number of ketones is 1. The molecule has 1 aromatic carbocycles. The Morgan fingerprint density at radius 2 is 1.88 bits per heavy atom. The minimum atomic E-state index is -0.750. The Kier molecular flexibility index (Phi) is 4.66. The third kappa shape index (κ3) is 3.39. The van der Waals surface area contributed by atoms with Gasteiger partial charge in [-0.05, 0) is 42.8 Å². The molecular weight excluding hydrogens is 337 g/mol. The molecule has 7 nitrogen and oxygen atoms in total. The molecular formula is C18H18FN5O2. The van der Waals surface area contributed by atoms with E-state index in [0.717, 1.165) is 5.56 Å². The normalized spacial score (nSPS) is 12.0. The molecule has 0 aliphatic carbocycles. The number of aryl methyl sites for hydroxylation is 2. The standard InChI is InChI=1S/C18H18FN5O2/c1-11(16(25)17-20-8-9-23(17)2)21-18(26)14-10-15(24(3)22-14)12-4-6-13(19)7-5-12/h4-11H,1-3H3,(H,21,26). The van der Waals surface area contributed by atoms with Crippen LogP contribution in [-0.4, -0.2) is 37.1 Å². The maximum absolute atomic E-state index is 13.1. The zero-order valence-electron chi connectivity index (χ0n) is 14.6. The van der Waals surface area contributed by atoms with Crippen LogP contribution in [0, 0.1) is 5.82 Å². The minimum Gasteiger partial charge on any atom is -0.341 e. The maximum Gasteiger partial charge on any atom is 0.272 e. The molecule has 1 N–H and O–H groups in total. The van der Waals surface area contributed by atoms with E-state index in [1.54, 1.807) is 50.0 Å². The third-order valence-electron chi connectivity index (χ3n) is 4.03. The first-order valence-electron chi connectivity index (χ1n) is 7.99. The first-order valence-corrected chi connectivity index (χ1v) is 7.99. The number of nitrogens with zero attached hydrogens (tertiary/aromatic N) is 4. The number of imidazole rings is 1. The van der Waals surface area contributed by atoms with Crippen molar-refractivity contribution in [2.45, 2.75) is 13.0 Å². The summed E-state index contributed by atoms with van der Waals surface area (Å²) in [4.78, 5) is 28.8. The van der Waals surface area contributed by atoms with E-state index in [1.165, 1.54) is 23.0 Å². The molecule has 2 aromatic heterocycles. The maximum atomic E-state index is 13.1. The average Bonchev–Trinajstić information content (AvgIpc) is 3.20. The zero-order valence-corrected chi connectivity index (χ0v) is 14.6. The molecule has 1 amide bonds. The van der Waals surface area contributed by atoms with Crippen LogP contribution in [-0.2, 0) is 14.1 Å². The molecule has 3 aromatic rings. The number of rotatable bonds is 5. The van der Waals surface area contributed by atoms with Crippen molar-refractivity contribution in [1.82, 2.24) is 24.6 Å². The lowest BCUT2D eigenvalue weighted by Gasteiger charge is -2.11. The van der Waals surface area contributed by atoms with E-state index >= 15 is 0 Å². The fourth-order valence-electron chi connectivity index (χ4n) is 2.60. The topological polar surface area (TPSA) is 81.8 Å². The highest BCUT2D eigenvalue weighted by Crippen LogP contribution is 2.20. The molecule has 0 saturated carbocycles. The molecule has 0 radical (unpaired) electrons. The van der Waals surface area contributed by atoms with Gasteiger partial charge in [-0.15, -0.1) is 0 Å². The summed E-state index contributed by atoms with van der Waals surface area (Å²) in [6, 6.07) is 6.76. The minimum absolute atomic E-state index is 0.173. The van der Waals surface area contributed by atoms with E-state index in [9.17, 15) is 14.0 Å². The summed E-state index contributed by atoms with van der Waals surface area (Å²) < 4.78 is 16.2. The summed E-state index contributed by atoms with van der Waals surface area (Å²) in [6.45, 7) is 1.60. The number of carbonyl (C=O) groups is 2. The lowest BCUT2D eigenvalue weighted by atomic mass is 10.1. The molecule has 1 unspecified atom stereocenters. The number of carbonyl (C=O) groups excluding carboxylic acids is 2. The SMILES string of the molecule is CC(NC(=O)c1cc(-c2ccc(F)cc2)n(C)n1)C(=O)c1nccn1C. The van der Waals surface area contributed by atoms with Gasteiger partial charge >= 0.3 is 0 Å². The predicted molar refractivity (Wildman–Crippen MR) is 93.1 cm³/mol. The Balaban J connectivity index is 1.76. The van der Waals surface area contributed by atoms with Crippen LogP contribution in [0.4, 0.5) is 4.39 Å². The molecule has 0 fully saturated rings. The monoisotopic (exact) mass is 355 g/mol. The lowest BCUT2D eigenvalue weighted by molar-refractivity contribution is 0.0855. The number of benzene rings is 1. The van der Waals surface area contributed by atoms with Crippen molar-refractivity contribution in [2.24, 2.45) is 14.1 Å². The first-order chi connectivity index (χ1) is 12.4. The fourth-order valence-corrected chi connectivity index (χ4v) is 2.60. The van der Waals surface area contributed by atoms with Gasteiger partial charge in [-0.3, -0.25) is 14.3 Å². The summed E-state index contributed by atoms with van der Waals surface area (Å²) in [5, 5.41) is 6.82. The van der Waals surface area contributed by atoms with Crippen molar-refractivity contribution in [1.29, 1.82) is 0 Å². The van der Waals surface area contributed by atoms with Gasteiger partial charge in [0.2, 0.25) is 5.78 Å². The number of halogens is 1. The van der Waals surface area contributed by atoms with E-state index < -0.39 is 11.9 Å². The van der Waals surface area contributed by atoms with Crippen molar-refractivity contribution >= 4 is 11.7 Å². The van der Waals surface area contributed by atoms with Gasteiger partial charge in [0.15, 0.2) is 11.5 Å². The average molecular weight is 355 g/mol. The van der Waals surface area contributed by atoms with Crippen molar-refractivity contribution in [3.8, 4) is 11.3 Å². The third-order valence-corrected chi connectivity index (χ3v) is 4.03. The molecule has 3 rings (SSSR count). The Hall–Kier alpha value is -3.29. The van der Waals surface area contributed by atoms with E-state index in [4.69, 9.17) is 0 Å². The second kappa shape index (κ2) is 6.91. The van der Waals surface area contributed by atoms with E-state index in [1.807, 2.05) is 0 Å². The van der Waals surface area contributed by atoms with Crippen LogP contribution < -0.4 is 5.32 Å². The van der Waals surface area contributed by atoms with Gasteiger partial charge in [0.05, 0.1) is 11.7 Å². The number of hydrogen-bond donors (Lipinski definition) is 1. The first kappa shape index (κ1) is 17.5. The van der Waals surface area contributed by atoms with Gasteiger partial charge < -0.3 is 9.88 Å². The fraction of sp³-hybridized carbons (Fsp3) is 0.222. The van der Waals surface area contributed by atoms with Crippen LogP contribution in [0.1, 0.15) is 28.0 Å². The molecule has 0 aliphatic heterocycles. The lowest BCUT2D eigenvalue weighted by Crippen LogP contribution is -2.39. The molecule has 8 heteroatoms. The van der Waals surface area contributed by atoms with Crippen molar-refractivity contribution in [3.05, 3.63) is 60.1 Å². The molecule has 0 saturated heterocycles. The summed E-state index contributed by atoms with van der Waals surface area (Å²) >= 11 is 0. The van der Waals surface area contributed by atoms with E-state index in [2.05, 4.69) is 15.4 Å². The predicted octanol–water partition coefficient (Wildman–Crippen LogP) is 1.96. The molecule has 1 atom stereocenters. The Labute approximate surface area is 149 Å². The summed E-state index contributed by atoms with van der Waals surface area (Å²) in [5.74, 6) is -0.828. The number of Topliss-reactive ketones (excluding diaryl/α,β-unsaturated/α-hetero) is 1. The highest BCUT2D eigenvalue weighted by molar-refractivity contribution is 6.02. The van der Waals surface area contributed by atoms with Crippen molar-refractivity contribution in [3.63, 3.8) is 0 Å². The summed E-state index contributed by atoms with van der Waals surface area (Å²) in [7, 11) is 3.40. The largest absolute Gasteiger partial charge is 0.341 e. The Morgan fingerprint density at radius 1 is 1.19 bits per heavy atom. The number of aromatic nitrogens is 4. The van der Waals surface area contributed by atoms with Crippen LogP contribution in [0.25, 0.3) is 11.3 Å². The molecule has 134 valence electrons. The molecule has 0 spiro atoms. The Morgan fingerprint density at radius 3 is 2.50 bits per heavy atom. The van der Waals surface area contributed by atoms with Crippen LogP contribution in [0.2, 0.25) is 0 Å². The van der Waals surface area contributed by atoms with Gasteiger partial charge in [0.1, 0.15) is 5.82 Å². The van der Waals surface area contributed by atoms with Gasteiger partial charge in [0, 0.05) is 26.5 Å². The summed E-state index contributed by atoms with van der Waals surface area (Å²) in [5.41, 5.74) is 1.57. The second-order valence-electron chi connectivity index (χ2n) is 5.97. The van der Waals surface area contributed by atoms with Gasteiger partial charge in [0.25, 0.3) is 5.91 Å². The van der Waals surface area contributed by atoms with Crippen molar-refractivity contribution < 1.29 is 14.0 Å². The van der Waals surface area contributed by atoms with Crippen LogP contribution in [0.15, 0.2) is 42.7 Å². The second-order valence-corrected chi connectivity index (χ2v) is 5.97. The molecule has 26 heavy (non-hydrogen) atoms. The number of amides is 1. The van der Waals surface area contributed by atoms with Gasteiger partial charge in [-0.25, -0.2) is 9.37 Å². The highest BCUT2D eigenvalue weighted by atomic mass is 19.1. The van der Waals surface area contributed by atoms with Crippen LogP contribution in [0.5, 0.6) is 0 Å². The Bertz CT molecular complexity index is 958. The van der Waals surface area contributed by atoms with Crippen LogP contribution in [0.3, 0.4) is 0 Å². The van der Waals surface area contributed by atoms with Crippen LogP contribution >= 0.6 is 0 Å². The number of nitrogens with one attached hydrogen (secondary N) is 1. The molecule has 0 aliphatic rings. The van der Waals surface area contributed by atoms with E-state index in [0.29, 0.717) is 5.69 Å². The number of hydrogen-bond acceptors (Lipinski definition) is 4. The summed E-state index contributed by atoms with van der Waals surface area (Å²) in [6.07, 6.45) is 3.19. The quantitative estimate of drug-likeness (QED) is 0.710. The molecule has 0 bridgehead atoms. The smallest absolute Gasteiger partial charge is 0.272 e. The van der Waals surface area contributed by atoms with Gasteiger partial charge in [-0.1, -0.05) is 0 Å².